The third-order valence-electron chi connectivity index (χ3n) is 3.98. The average Bonchev–Trinajstić information content (AvgIpc) is 2.44. The largest absolute Gasteiger partial charge is 0.396 e. The molecule has 0 radical (unpaired) electrons. The van der Waals surface area contributed by atoms with Gasteiger partial charge in [-0.05, 0) is 31.9 Å². The Hall–Kier alpha value is -1.27. The first-order valence-electron chi connectivity index (χ1n) is 7.50. The van der Waals surface area contributed by atoms with Crippen LogP contribution in [0.15, 0.2) is 30.3 Å². The van der Waals surface area contributed by atoms with Crippen molar-refractivity contribution >= 4 is 18.3 Å². The molecular weight excluding hydrogens is 329 g/mol. The minimum atomic E-state index is -4.43. The summed E-state index contributed by atoms with van der Waals surface area (Å²) in [6, 6.07) is 7.82. The van der Waals surface area contributed by atoms with Crippen LogP contribution in [0.5, 0.6) is 0 Å². The summed E-state index contributed by atoms with van der Waals surface area (Å²) in [6.45, 7) is 2.77. The van der Waals surface area contributed by atoms with Gasteiger partial charge in [0, 0.05) is 18.5 Å². The fourth-order valence-corrected chi connectivity index (χ4v) is 2.84. The predicted octanol–water partition coefficient (Wildman–Crippen LogP) is 3.40. The van der Waals surface area contributed by atoms with Crippen LogP contribution in [-0.2, 0) is 4.79 Å². The smallest absolute Gasteiger partial charge is 0.353 e. The SMILES string of the molecule is CC1CC(NC(=O)CC(c2ccccc2)C(F)(F)F)CCN1.Cl. The lowest BCUT2D eigenvalue weighted by molar-refractivity contribution is -0.157. The highest BCUT2D eigenvalue weighted by Crippen LogP contribution is 2.37. The van der Waals surface area contributed by atoms with Crippen LogP contribution in [0.1, 0.15) is 37.7 Å². The highest BCUT2D eigenvalue weighted by atomic mass is 35.5. The van der Waals surface area contributed by atoms with Gasteiger partial charge in [0.15, 0.2) is 0 Å². The van der Waals surface area contributed by atoms with Gasteiger partial charge in [-0.3, -0.25) is 4.79 Å². The number of hydrogen-bond donors (Lipinski definition) is 2. The Labute approximate surface area is 140 Å². The van der Waals surface area contributed by atoms with Gasteiger partial charge in [0.1, 0.15) is 0 Å². The summed E-state index contributed by atoms with van der Waals surface area (Å²) in [7, 11) is 0. The second-order valence-electron chi connectivity index (χ2n) is 5.85. The van der Waals surface area contributed by atoms with Crippen molar-refractivity contribution in [2.45, 2.75) is 50.4 Å². The molecule has 1 heterocycles. The second-order valence-corrected chi connectivity index (χ2v) is 5.85. The first-order valence-corrected chi connectivity index (χ1v) is 7.50. The van der Waals surface area contributed by atoms with Crippen LogP contribution < -0.4 is 10.6 Å². The summed E-state index contributed by atoms with van der Waals surface area (Å²) < 4.78 is 39.7. The van der Waals surface area contributed by atoms with Crippen molar-refractivity contribution < 1.29 is 18.0 Å². The Morgan fingerprint density at radius 3 is 2.57 bits per heavy atom. The fourth-order valence-electron chi connectivity index (χ4n) is 2.84. The number of halogens is 4. The molecule has 1 aliphatic heterocycles. The zero-order valence-corrected chi connectivity index (χ0v) is 13.7. The summed E-state index contributed by atoms with van der Waals surface area (Å²) in [5, 5.41) is 5.99. The molecule has 0 aromatic heterocycles. The predicted molar refractivity (Wildman–Crippen MR) is 85.7 cm³/mol. The molecule has 7 heteroatoms. The number of nitrogens with one attached hydrogen (secondary N) is 2. The molecule has 2 N–H and O–H groups in total. The van der Waals surface area contributed by atoms with Gasteiger partial charge >= 0.3 is 6.18 Å². The van der Waals surface area contributed by atoms with Crippen molar-refractivity contribution in [2.75, 3.05) is 6.54 Å². The standard InChI is InChI=1S/C16H21F3N2O.ClH/c1-11-9-13(7-8-20-11)21-15(22)10-14(16(17,18)19)12-5-3-2-4-6-12;/h2-6,11,13-14,20H,7-10H2,1H3,(H,21,22);1H. The number of amides is 1. The Kier molecular flexibility index (Phi) is 7.35. The van der Waals surface area contributed by atoms with Crippen molar-refractivity contribution in [2.24, 2.45) is 0 Å². The molecule has 1 aromatic carbocycles. The monoisotopic (exact) mass is 350 g/mol. The van der Waals surface area contributed by atoms with Gasteiger partial charge in [0.25, 0.3) is 0 Å². The molecule has 130 valence electrons. The Morgan fingerprint density at radius 1 is 1.35 bits per heavy atom. The molecule has 0 saturated carbocycles. The number of carbonyl (C=O) groups is 1. The lowest BCUT2D eigenvalue weighted by Gasteiger charge is -2.29. The van der Waals surface area contributed by atoms with Crippen molar-refractivity contribution in [3.63, 3.8) is 0 Å². The van der Waals surface area contributed by atoms with Crippen LogP contribution >= 0.6 is 12.4 Å². The van der Waals surface area contributed by atoms with Crippen molar-refractivity contribution in [3.8, 4) is 0 Å². The Morgan fingerprint density at radius 2 is 2.00 bits per heavy atom. The van der Waals surface area contributed by atoms with Gasteiger partial charge < -0.3 is 10.6 Å². The van der Waals surface area contributed by atoms with Crippen LogP contribution in [0.3, 0.4) is 0 Å². The molecule has 1 fully saturated rings. The van der Waals surface area contributed by atoms with E-state index in [9.17, 15) is 18.0 Å². The van der Waals surface area contributed by atoms with Crippen LogP contribution in [0.25, 0.3) is 0 Å². The number of hydrogen-bond acceptors (Lipinski definition) is 2. The molecule has 1 amide bonds. The summed E-state index contributed by atoms with van der Waals surface area (Å²) >= 11 is 0. The van der Waals surface area contributed by atoms with E-state index in [1.807, 2.05) is 6.92 Å². The molecule has 2 rings (SSSR count). The number of piperidine rings is 1. The maximum absolute atomic E-state index is 13.2. The summed E-state index contributed by atoms with van der Waals surface area (Å²) in [4.78, 5) is 12.0. The third kappa shape index (κ3) is 6.03. The van der Waals surface area contributed by atoms with Crippen molar-refractivity contribution in [1.82, 2.24) is 10.6 Å². The molecule has 23 heavy (non-hydrogen) atoms. The first-order chi connectivity index (χ1) is 10.4. The second kappa shape index (κ2) is 8.55. The normalized spacial score (nSPS) is 22.8. The molecule has 1 aliphatic rings. The summed E-state index contributed by atoms with van der Waals surface area (Å²) in [5.74, 6) is -2.29. The maximum atomic E-state index is 13.2. The van der Waals surface area contributed by atoms with Gasteiger partial charge in [0.05, 0.1) is 5.92 Å². The van der Waals surface area contributed by atoms with Crippen LogP contribution in [0, 0.1) is 0 Å². The lowest BCUT2D eigenvalue weighted by Crippen LogP contribution is -2.47. The number of rotatable bonds is 4. The van der Waals surface area contributed by atoms with E-state index in [-0.39, 0.29) is 30.1 Å². The number of alkyl halides is 3. The van der Waals surface area contributed by atoms with Gasteiger partial charge in [-0.25, -0.2) is 0 Å². The molecule has 3 nitrogen and oxygen atoms in total. The zero-order chi connectivity index (χ0) is 16.2. The highest BCUT2D eigenvalue weighted by Gasteiger charge is 2.42. The quantitative estimate of drug-likeness (QED) is 0.873. The van der Waals surface area contributed by atoms with Crippen LogP contribution in [0.4, 0.5) is 13.2 Å². The zero-order valence-electron chi connectivity index (χ0n) is 12.9. The van der Waals surface area contributed by atoms with E-state index in [0.29, 0.717) is 0 Å². The third-order valence-corrected chi connectivity index (χ3v) is 3.98. The molecule has 0 aliphatic carbocycles. The highest BCUT2D eigenvalue weighted by molar-refractivity contribution is 5.85. The Balaban J connectivity index is 0.00000264. The van der Waals surface area contributed by atoms with E-state index in [0.717, 1.165) is 19.4 Å². The molecule has 0 bridgehead atoms. The van der Waals surface area contributed by atoms with Crippen LogP contribution in [0.2, 0.25) is 0 Å². The topological polar surface area (TPSA) is 41.1 Å². The van der Waals surface area contributed by atoms with E-state index in [4.69, 9.17) is 0 Å². The van der Waals surface area contributed by atoms with E-state index in [1.54, 1.807) is 18.2 Å². The van der Waals surface area contributed by atoms with E-state index < -0.39 is 24.4 Å². The molecule has 3 atom stereocenters. The first kappa shape index (κ1) is 19.8. The number of benzene rings is 1. The fraction of sp³-hybridized carbons (Fsp3) is 0.562. The van der Waals surface area contributed by atoms with E-state index in [2.05, 4.69) is 10.6 Å². The minimum Gasteiger partial charge on any atom is -0.353 e. The molecule has 1 saturated heterocycles. The number of carbonyl (C=O) groups excluding carboxylic acids is 1. The Bertz CT molecular complexity index is 496. The maximum Gasteiger partial charge on any atom is 0.396 e. The minimum absolute atomic E-state index is 0. The molecule has 3 unspecified atom stereocenters. The molecule has 1 aromatic rings. The lowest BCUT2D eigenvalue weighted by atomic mass is 9.94. The van der Waals surface area contributed by atoms with Gasteiger partial charge in [-0.2, -0.15) is 13.2 Å². The van der Waals surface area contributed by atoms with E-state index in [1.165, 1.54) is 12.1 Å². The van der Waals surface area contributed by atoms with Gasteiger partial charge in [-0.1, -0.05) is 30.3 Å². The average molecular weight is 351 g/mol. The summed E-state index contributed by atoms with van der Waals surface area (Å²) in [5.41, 5.74) is 0.129. The van der Waals surface area contributed by atoms with Crippen molar-refractivity contribution in [1.29, 1.82) is 0 Å². The van der Waals surface area contributed by atoms with Crippen LogP contribution in [-0.4, -0.2) is 30.7 Å². The van der Waals surface area contributed by atoms with Gasteiger partial charge in [0.2, 0.25) is 5.91 Å². The van der Waals surface area contributed by atoms with Crippen molar-refractivity contribution in [3.05, 3.63) is 35.9 Å². The molecular formula is C16H22ClF3N2O. The molecule has 0 spiro atoms. The summed E-state index contributed by atoms with van der Waals surface area (Å²) in [6.07, 6.45) is -3.50. The van der Waals surface area contributed by atoms with E-state index >= 15 is 0 Å². The van der Waals surface area contributed by atoms with Gasteiger partial charge in [-0.15, -0.1) is 12.4 Å².